The number of methoxy groups -OCH3 is 1. The number of carbonyl (C=O) groups excluding carboxylic acids is 3. The zero-order valence-corrected chi connectivity index (χ0v) is 20.5. The average Bonchev–Trinajstić information content (AvgIpc) is 3.02. The fourth-order valence-corrected chi connectivity index (χ4v) is 3.62. The number of carbonyl (C=O) groups is 3. The minimum absolute atomic E-state index is 0.0301. The first-order valence-corrected chi connectivity index (χ1v) is 11.9. The van der Waals surface area contributed by atoms with E-state index in [0.717, 1.165) is 25.0 Å². The van der Waals surface area contributed by atoms with Crippen molar-refractivity contribution in [1.82, 2.24) is 0 Å². The van der Waals surface area contributed by atoms with Crippen LogP contribution in [0.4, 0.5) is 0 Å². The van der Waals surface area contributed by atoms with Crippen LogP contribution < -0.4 is 11.5 Å². The molecule has 0 aromatic heterocycles. The molecule has 7 heteroatoms. The second kappa shape index (κ2) is 18.2. The van der Waals surface area contributed by atoms with Gasteiger partial charge in [-0.3, -0.25) is 14.4 Å². The molecule has 2 unspecified atom stereocenters. The van der Waals surface area contributed by atoms with Crippen LogP contribution in [0.25, 0.3) is 0 Å². The Morgan fingerprint density at radius 1 is 1.28 bits per heavy atom. The van der Waals surface area contributed by atoms with Gasteiger partial charge in [0.1, 0.15) is 5.78 Å². The highest BCUT2D eigenvalue weighted by molar-refractivity contribution is 8.00. The van der Waals surface area contributed by atoms with Gasteiger partial charge < -0.3 is 16.2 Å². The summed E-state index contributed by atoms with van der Waals surface area (Å²) < 4.78 is 5.15. The van der Waals surface area contributed by atoms with E-state index in [-0.39, 0.29) is 12.5 Å². The number of allylic oxidation sites excluding steroid dienone is 5. The maximum atomic E-state index is 11.6. The third kappa shape index (κ3) is 14.6. The number of ketones is 1. The van der Waals surface area contributed by atoms with Gasteiger partial charge in [0.2, 0.25) is 12.3 Å². The lowest BCUT2D eigenvalue weighted by molar-refractivity contribution is -0.117. The molecule has 178 valence electrons. The molecule has 32 heavy (non-hydrogen) atoms. The van der Waals surface area contributed by atoms with Gasteiger partial charge in [0.15, 0.2) is 0 Å². The van der Waals surface area contributed by atoms with Gasteiger partial charge in [0.25, 0.3) is 0 Å². The van der Waals surface area contributed by atoms with Gasteiger partial charge in [-0.25, -0.2) is 0 Å². The van der Waals surface area contributed by atoms with Gasteiger partial charge >= 0.3 is 0 Å². The molecule has 0 heterocycles. The predicted octanol–water partition coefficient (Wildman–Crippen LogP) is 3.89. The number of hydrogen-bond acceptors (Lipinski definition) is 5. The number of rotatable bonds is 9. The third-order valence-electron chi connectivity index (χ3n) is 4.58. The summed E-state index contributed by atoms with van der Waals surface area (Å²) in [4.78, 5) is 30.9. The van der Waals surface area contributed by atoms with Crippen molar-refractivity contribution in [2.45, 2.75) is 46.1 Å². The number of primary amides is 2. The summed E-state index contributed by atoms with van der Waals surface area (Å²) in [5.41, 5.74) is 11.1. The van der Waals surface area contributed by atoms with Crippen molar-refractivity contribution in [3.63, 3.8) is 0 Å². The topological polar surface area (TPSA) is 112 Å². The van der Waals surface area contributed by atoms with E-state index in [1.165, 1.54) is 5.57 Å². The summed E-state index contributed by atoms with van der Waals surface area (Å²) in [7, 11) is 1.62. The van der Waals surface area contributed by atoms with Gasteiger partial charge in [-0.1, -0.05) is 63.3 Å². The number of amides is 2. The lowest BCUT2D eigenvalue weighted by atomic mass is 9.95. The third-order valence-corrected chi connectivity index (χ3v) is 5.64. The summed E-state index contributed by atoms with van der Waals surface area (Å²) in [6, 6.07) is 0. The molecule has 2 amide bonds. The normalized spacial score (nSPS) is 18.9. The Hall–Kier alpha value is -2.38. The smallest absolute Gasteiger partial charge is 0.248 e. The molecule has 0 spiro atoms. The van der Waals surface area contributed by atoms with Crippen molar-refractivity contribution >= 4 is 29.9 Å². The largest absolute Gasteiger partial charge is 0.377 e. The lowest BCUT2D eigenvalue weighted by Crippen LogP contribution is -2.23. The average molecular weight is 463 g/mol. The van der Waals surface area contributed by atoms with Crippen LogP contribution in [0.3, 0.4) is 0 Å². The SMILES string of the molecule is CC(C)CCC(=O)CSCC1=CC=CCC=C1.COC1C=C(C(N)=O)C=CC1C.NC=O. The Balaban J connectivity index is 0.000000559. The van der Waals surface area contributed by atoms with Crippen molar-refractivity contribution < 1.29 is 19.1 Å². The van der Waals surface area contributed by atoms with Crippen LogP contribution in [0.15, 0.2) is 59.8 Å². The number of thioether (sulfide) groups is 1. The van der Waals surface area contributed by atoms with E-state index in [9.17, 15) is 9.59 Å². The van der Waals surface area contributed by atoms with E-state index in [1.807, 2.05) is 13.0 Å². The van der Waals surface area contributed by atoms with Crippen LogP contribution in [-0.2, 0) is 19.1 Å². The van der Waals surface area contributed by atoms with Crippen LogP contribution in [0, 0.1) is 11.8 Å². The summed E-state index contributed by atoms with van der Waals surface area (Å²) in [6.07, 6.45) is 19.1. The van der Waals surface area contributed by atoms with Crippen molar-refractivity contribution in [3.8, 4) is 0 Å². The molecule has 2 aliphatic rings. The molecule has 0 saturated heterocycles. The molecule has 2 atom stereocenters. The summed E-state index contributed by atoms with van der Waals surface area (Å²) in [5, 5.41) is 0. The minimum atomic E-state index is -0.403. The van der Waals surface area contributed by atoms with Gasteiger partial charge in [-0.15, -0.1) is 11.8 Å². The van der Waals surface area contributed by atoms with Gasteiger partial charge in [0, 0.05) is 30.8 Å². The van der Waals surface area contributed by atoms with Gasteiger partial charge in [-0.05, 0) is 30.4 Å². The van der Waals surface area contributed by atoms with Crippen molar-refractivity contribution in [1.29, 1.82) is 0 Å². The number of nitrogens with two attached hydrogens (primary N) is 2. The Labute approximate surface area is 196 Å². The summed E-state index contributed by atoms with van der Waals surface area (Å²) in [5.74, 6) is 2.51. The first-order chi connectivity index (χ1) is 15.2. The van der Waals surface area contributed by atoms with E-state index in [2.05, 4.69) is 50.0 Å². The minimum Gasteiger partial charge on any atom is -0.377 e. The molecule has 0 aliphatic heterocycles. The van der Waals surface area contributed by atoms with E-state index in [0.29, 0.717) is 28.9 Å². The van der Waals surface area contributed by atoms with E-state index >= 15 is 0 Å². The molecular formula is C25H38N2O4S. The van der Waals surface area contributed by atoms with Crippen LogP contribution >= 0.6 is 11.8 Å². The van der Waals surface area contributed by atoms with Crippen molar-refractivity contribution in [2.24, 2.45) is 23.3 Å². The molecule has 2 aliphatic carbocycles. The Kier molecular flexibility index (Phi) is 16.9. The van der Waals surface area contributed by atoms with Crippen molar-refractivity contribution in [3.05, 3.63) is 59.8 Å². The number of Topliss-reactive ketones (excluding diaryl/α,β-unsaturated/α-hetero) is 1. The monoisotopic (exact) mass is 462 g/mol. The lowest BCUT2D eigenvalue weighted by Gasteiger charge is -2.20. The fourth-order valence-electron chi connectivity index (χ4n) is 2.72. The highest BCUT2D eigenvalue weighted by atomic mass is 32.2. The molecule has 0 aromatic carbocycles. The van der Waals surface area contributed by atoms with E-state index < -0.39 is 5.91 Å². The second-order valence-electron chi connectivity index (χ2n) is 7.81. The molecule has 0 bridgehead atoms. The zero-order chi connectivity index (χ0) is 24.4. The Morgan fingerprint density at radius 2 is 1.97 bits per heavy atom. The predicted molar refractivity (Wildman–Crippen MR) is 134 cm³/mol. The second-order valence-corrected chi connectivity index (χ2v) is 8.80. The molecule has 0 saturated carbocycles. The van der Waals surface area contributed by atoms with Gasteiger partial charge in [0.05, 0.1) is 11.9 Å². The van der Waals surface area contributed by atoms with E-state index in [4.69, 9.17) is 15.3 Å². The molecule has 2 rings (SSSR count). The fraction of sp³-hybridized carbons (Fsp3) is 0.480. The van der Waals surface area contributed by atoms with E-state index in [1.54, 1.807) is 31.0 Å². The van der Waals surface area contributed by atoms with Crippen LogP contribution in [0.5, 0.6) is 0 Å². The molecule has 6 nitrogen and oxygen atoms in total. The van der Waals surface area contributed by atoms with Crippen LogP contribution in [0.2, 0.25) is 0 Å². The van der Waals surface area contributed by atoms with Crippen LogP contribution in [0.1, 0.15) is 40.0 Å². The maximum Gasteiger partial charge on any atom is 0.248 e. The van der Waals surface area contributed by atoms with Gasteiger partial charge in [-0.2, -0.15) is 0 Å². The molecule has 0 aromatic rings. The van der Waals surface area contributed by atoms with Crippen LogP contribution in [-0.4, -0.2) is 42.8 Å². The molecule has 0 fully saturated rings. The Morgan fingerprint density at radius 3 is 2.56 bits per heavy atom. The first kappa shape index (κ1) is 29.6. The highest BCUT2D eigenvalue weighted by Crippen LogP contribution is 2.18. The van der Waals surface area contributed by atoms with Crippen molar-refractivity contribution in [2.75, 3.05) is 18.6 Å². The zero-order valence-electron chi connectivity index (χ0n) is 19.7. The standard InChI is InChI=1S/C15H22OS.C9H13NO2.CH3NO/c1-13(2)9-10-15(16)12-17-11-14-7-5-3-4-6-8-14;1-6-3-4-7(9(10)11)5-8(6)12-2;2-1-3/h3,5-8,13H,4,9-12H2,1-2H3;3-6,8H,1-2H3,(H2,10,11);1H,(H2,2,3). The summed E-state index contributed by atoms with van der Waals surface area (Å²) >= 11 is 1.73. The quantitative estimate of drug-likeness (QED) is 0.505. The highest BCUT2D eigenvalue weighted by Gasteiger charge is 2.17. The molecule has 0 radical (unpaired) electrons. The molecular weight excluding hydrogens is 424 g/mol. The first-order valence-electron chi connectivity index (χ1n) is 10.7. The molecule has 4 N–H and O–H groups in total. The Bertz CT molecular complexity index is 736. The maximum absolute atomic E-state index is 11.6. The number of ether oxygens (including phenoxy) is 1. The summed E-state index contributed by atoms with van der Waals surface area (Å²) in [6.45, 7) is 6.35. The number of hydrogen-bond donors (Lipinski definition) is 2.